The number of hydrogen-bond acceptors (Lipinski definition) is 4. The van der Waals surface area contributed by atoms with Gasteiger partial charge in [0, 0.05) is 24.2 Å². The summed E-state index contributed by atoms with van der Waals surface area (Å²) in [5.41, 5.74) is 0.673. The summed E-state index contributed by atoms with van der Waals surface area (Å²) in [5.74, 6) is 0. The monoisotopic (exact) mass is 259 g/mol. The van der Waals surface area contributed by atoms with Crippen molar-refractivity contribution in [2.75, 3.05) is 0 Å². The Balaban J connectivity index is 1.67. The molecule has 2 aliphatic heterocycles. The highest BCUT2D eigenvalue weighted by Crippen LogP contribution is 2.49. The fourth-order valence-electron chi connectivity index (χ4n) is 3.33. The van der Waals surface area contributed by atoms with E-state index in [0.717, 1.165) is 36.3 Å². The normalized spacial score (nSPS) is 34.2. The molecule has 4 heterocycles. The number of hydrogen-bond donors (Lipinski definition) is 0. The van der Waals surface area contributed by atoms with Gasteiger partial charge in [-0.15, -0.1) is 11.3 Å². The number of imidazole rings is 1. The number of thiazole rings is 1. The van der Waals surface area contributed by atoms with Gasteiger partial charge in [-0.1, -0.05) is 0 Å². The molecule has 92 valence electrons. The molecule has 4 rings (SSSR count). The zero-order valence-corrected chi connectivity index (χ0v) is 10.7. The summed E-state index contributed by atoms with van der Waals surface area (Å²) < 4.78 is 7.88. The topological polar surface area (TPSA) is 50.3 Å². The Labute approximate surface area is 109 Å². The van der Waals surface area contributed by atoms with Gasteiger partial charge in [-0.25, -0.2) is 4.98 Å². The van der Waals surface area contributed by atoms with E-state index in [1.54, 1.807) is 11.3 Å². The number of ether oxygens (including phenoxy) is 1. The van der Waals surface area contributed by atoms with Crippen molar-refractivity contribution in [1.29, 1.82) is 5.26 Å². The predicted octanol–water partition coefficient (Wildman–Crippen LogP) is 2.40. The van der Waals surface area contributed by atoms with Crippen molar-refractivity contribution >= 4 is 16.3 Å². The molecule has 0 saturated carbocycles. The molecule has 0 N–H and O–H groups in total. The van der Waals surface area contributed by atoms with Gasteiger partial charge < -0.3 is 4.74 Å². The Bertz CT molecular complexity index is 611. The van der Waals surface area contributed by atoms with Gasteiger partial charge in [-0.3, -0.25) is 4.40 Å². The van der Waals surface area contributed by atoms with Crippen molar-refractivity contribution in [3.05, 3.63) is 23.5 Å². The molecule has 4 nitrogen and oxygen atoms in total. The smallest absolute Gasteiger partial charge is 0.193 e. The molecule has 0 amide bonds. The zero-order chi connectivity index (χ0) is 12.2. The Morgan fingerprint density at radius 2 is 2.56 bits per heavy atom. The molecule has 2 aromatic rings. The lowest BCUT2D eigenvalue weighted by atomic mass is 9.72. The lowest BCUT2D eigenvalue weighted by molar-refractivity contribution is 0.0785. The summed E-state index contributed by atoms with van der Waals surface area (Å²) >= 11 is 1.63. The van der Waals surface area contributed by atoms with Gasteiger partial charge >= 0.3 is 0 Å². The SMILES string of the molecule is N#CC1(Cc2cn3ccsc3n2)CC2CCC1O2. The molecule has 3 unspecified atom stereocenters. The third kappa shape index (κ3) is 1.36. The van der Waals surface area contributed by atoms with Gasteiger partial charge in [0.15, 0.2) is 4.96 Å². The van der Waals surface area contributed by atoms with E-state index in [4.69, 9.17) is 4.74 Å². The van der Waals surface area contributed by atoms with E-state index < -0.39 is 0 Å². The summed E-state index contributed by atoms with van der Waals surface area (Å²) in [6.07, 6.45) is 8.21. The van der Waals surface area contributed by atoms with E-state index in [-0.39, 0.29) is 11.5 Å². The fourth-order valence-corrected chi connectivity index (χ4v) is 4.05. The van der Waals surface area contributed by atoms with Crippen LogP contribution < -0.4 is 0 Å². The van der Waals surface area contributed by atoms with Crippen molar-refractivity contribution < 1.29 is 4.74 Å². The lowest BCUT2D eigenvalue weighted by Gasteiger charge is -2.27. The summed E-state index contributed by atoms with van der Waals surface area (Å²) in [6, 6.07) is 2.52. The average Bonchev–Trinajstić information content (AvgIpc) is 3.06. The standard InChI is InChI=1S/C13H13N3OS/c14-8-13(6-10-1-2-11(13)17-10)5-9-7-16-3-4-18-12(16)15-9/h3-4,7,10-11H,1-2,5-6H2. The van der Waals surface area contributed by atoms with Gasteiger partial charge in [0.1, 0.15) is 0 Å². The highest BCUT2D eigenvalue weighted by molar-refractivity contribution is 7.15. The van der Waals surface area contributed by atoms with Crippen LogP contribution in [0.1, 0.15) is 25.0 Å². The first-order chi connectivity index (χ1) is 8.79. The quantitative estimate of drug-likeness (QED) is 0.832. The summed E-state index contributed by atoms with van der Waals surface area (Å²) in [4.78, 5) is 5.59. The minimum absolute atomic E-state index is 0.118. The predicted molar refractivity (Wildman–Crippen MR) is 67.3 cm³/mol. The second-order valence-corrected chi connectivity index (χ2v) is 6.17. The highest BCUT2D eigenvalue weighted by Gasteiger charge is 2.53. The summed E-state index contributed by atoms with van der Waals surface area (Å²) in [6.45, 7) is 0. The van der Waals surface area contributed by atoms with Gasteiger partial charge in [0.25, 0.3) is 0 Å². The molecule has 3 atom stereocenters. The van der Waals surface area contributed by atoms with Gasteiger partial charge in [0.2, 0.25) is 0 Å². The lowest BCUT2D eigenvalue weighted by Crippen LogP contribution is -2.33. The minimum Gasteiger partial charge on any atom is -0.373 e. The Hall–Kier alpha value is -1.38. The summed E-state index contributed by atoms with van der Waals surface area (Å²) in [5, 5.41) is 11.6. The summed E-state index contributed by atoms with van der Waals surface area (Å²) in [7, 11) is 0. The first kappa shape index (κ1) is 10.5. The molecule has 2 bridgehead atoms. The third-order valence-corrected chi connectivity index (χ3v) is 4.95. The maximum Gasteiger partial charge on any atom is 0.193 e. The van der Waals surface area contributed by atoms with Crippen LogP contribution in [0.3, 0.4) is 0 Å². The number of nitriles is 1. The maximum absolute atomic E-state index is 9.56. The molecule has 2 fully saturated rings. The number of aromatic nitrogens is 2. The van der Waals surface area contributed by atoms with Crippen molar-refractivity contribution in [2.45, 2.75) is 37.9 Å². The maximum atomic E-state index is 9.56. The van der Waals surface area contributed by atoms with E-state index in [0.29, 0.717) is 6.10 Å². The number of fused-ring (bicyclic) bond motifs is 3. The number of rotatable bonds is 2. The molecule has 2 aliphatic rings. The molecule has 18 heavy (non-hydrogen) atoms. The molecule has 0 spiro atoms. The fraction of sp³-hybridized carbons (Fsp3) is 0.538. The van der Waals surface area contributed by atoms with Crippen molar-refractivity contribution in [3.8, 4) is 6.07 Å². The molecular formula is C13H13N3OS. The Morgan fingerprint density at radius 1 is 1.61 bits per heavy atom. The zero-order valence-electron chi connectivity index (χ0n) is 9.87. The van der Waals surface area contributed by atoms with E-state index in [9.17, 15) is 5.26 Å². The van der Waals surface area contributed by atoms with Crippen LogP contribution in [0.25, 0.3) is 4.96 Å². The minimum atomic E-state index is -0.340. The molecule has 2 saturated heterocycles. The van der Waals surface area contributed by atoms with Crippen LogP contribution in [-0.4, -0.2) is 21.6 Å². The molecule has 5 heteroatoms. The number of nitrogens with zero attached hydrogens (tertiary/aromatic N) is 3. The van der Waals surface area contributed by atoms with E-state index in [1.807, 2.05) is 22.2 Å². The first-order valence-corrected chi connectivity index (χ1v) is 7.15. The van der Waals surface area contributed by atoms with Gasteiger partial charge in [-0.05, 0) is 19.3 Å². The second-order valence-electron chi connectivity index (χ2n) is 5.30. The van der Waals surface area contributed by atoms with E-state index in [1.165, 1.54) is 0 Å². The molecule has 0 aliphatic carbocycles. The van der Waals surface area contributed by atoms with Crippen molar-refractivity contribution in [3.63, 3.8) is 0 Å². The van der Waals surface area contributed by atoms with Crippen LogP contribution in [-0.2, 0) is 11.2 Å². The molecule has 2 aromatic heterocycles. The van der Waals surface area contributed by atoms with E-state index in [2.05, 4.69) is 11.1 Å². The van der Waals surface area contributed by atoms with Crippen molar-refractivity contribution in [1.82, 2.24) is 9.38 Å². The molecule has 0 radical (unpaired) electrons. The Morgan fingerprint density at radius 3 is 3.22 bits per heavy atom. The van der Waals surface area contributed by atoms with Crippen LogP contribution >= 0.6 is 11.3 Å². The van der Waals surface area contributed by atoms with Gasteiger partial charge in [-0.2, -0.15) is 5.26 Å². The first-order valence-electron chi connectivity index (χ1n) is 6.27. The largest absolute Gasteiger partial charge is 0.373 e. The molecular weight excluding hydrogens is 246 g/mol. The van der Waals surface area contributed by atoms with Gasteiger partial charge in [0.05, 0.1) is 29.4 Å². The van der Waals surface area contributed by atoms with Crippen LogP contribution in [0.5, 0.6) is 0 Å². The Kier molecular flexibility index (Phi) is 2.08. The average molecular weight is 259 g/mol. The van der Waals surface area contributed by atoms with Crippen molar-refractivity contribution in [2.24, 2.45) is 5.41 Å². The van der Waals surface area contributed by atoms with Crippen LogP contribution in [0.2, 0.25) is 0 Å². The highest BCUT2D eigenvalue weighted by atomic mass is 32.1. The van der Waals surface area contributed by atoms with Crippen LogP contribution in [0.4, 0.5) is 0 Å². The van der Waals surface area contributed by atoms with E-state index >= 15 is 0 Å². The molecule has 0 aromatic carbocycles. The van der Waals surface area contributed by atoms with Crippen LogP contribution in [0, 0.1) is 16.7 Å². The third-order valence-electron chi connectivity index (χ3n) is 4.18. The van der Waals surface area contributed by atoms with Crippen LogP contribution in [0.15, 0.2) is 17.8 Å². The second kappa shape index (κ2) is 3.56.